The van der Waals surface area contributed by atoms with Crippen LogP contribution in [0.5, 0.6) is 0 Å². The van der Waals surface area contributed by atoms with Crippen LogP contribution in [0.2, 0.25) is 0 Å². The summed E-state index contributed by atoms with van der Waals surface area (Å²) in [5.74, 6) is 0.156. The zero-order valence-electron chi connectivity index (χ0n) is 16.9. The molecule has 1 fully saturated rings. The Kier molecular flexibility index (Phi) is 6.11. The van der Waals surface area contributed by atoms with E-state index in [2.05, 4.69) is 15.5 Å². The predicted molar refractivity (Wildman–Crippen MR) is 108 cm³/mol. The van der Waals surface area contributed by atoms with Gasteiger partial charge in [0, 0.05) is 25.2 Å². The van der Waals surface area contributed by atoms with Crippen LogP contribution in [0.25, 0.3) is 11.4 Å². The summed E-state index contributed by atoms with van der Waals surface area (Å²) in [6, 6.07) is 10.1. The Balaban J connectivity index is 1.35. The van der Waals surface area contributed by atoms with Crippen LogP contribution in [-0.2, 0) is 12.6 Å². The fourth-order valence-corrected chi connectivity index (χ4v) is 3.70. The summed E-state index contributed by atoms with van der Waals surface area (Å²) in [5, 5.41) is 6.48. The summed E-state index contributed by atoms with van der Waals surface area (Å²) in [7, 11) is 0. The molecule has 3 aromatic rings. The molecule has 0 radical (unpaired) electrons. The molecule has 1 atom stereocenters. The number of benzene rings is 2. The van der Waals surface area contributed by atoms with E-state index in [1.807, 2.05) is 0 Å². The minimum Gasteiger partial charge on any atom is -0.339 e. The van der Waals surface area contributed by atoms with Crippen molar-refractivity contribution in [1.82, 2.24) is 15.0 Å². The van der Waals surface area contributed by atoms with Crippen molar-refractivity contribution in [2.75, 3.05) is 18.4 Å². The SMILES string of the molecule is O=C(Nc1ccc(C(F)(F)F)cc1)N1CCC[C@@H](Cc2nc(-c3ccccc3F)no2)C1. The molecular formula is C22H20F4N4O2. The number of halogens is 4. The van der Waals surface area contributed by atoms with Gasteiger partial charge >= 0.3 is 12.2 Å². The van der Waals surface area contributed by atoms with Crippen molar-refractivity contribution in [3.8, 4) is 11.4 Å². The van der Waals surface area contributed by atoms with Crippen LogP contribution in [0, 0.1) is 11.7 Å². The molecule has 0 spiro atoms. The number of carbonyl (C=O) groups is 1. The Morgan fingerprint density at radius 3 is 2.62 bits per heavy atom. The molecular weight excluding hydrogens is 428 g/mol. The van der Waals surface area contributed by atoms with Crippen LogP contribution in [0.15, 0.2) is 53.1 Å². The first-order valence-electron chi connectivity index (χ1n) is 10.1. The van der Waals surface area contributed by atoms with Crippen molar-refractivity contribution in [1.29, 1.82) is 0 Å². The first-order chi connectivity index (χ1) is 15.3. The second-order valence-electron chi connectivity index (χ2n) is 7.66. The molecule has 1 N–H and O–H groups in total. The maximum atomic E-state index is 13.9. The molecule has 2 heterocycles. The average molecular weight is 448 g/mol. The highest BCUT2D eigenvalue weighted by Crippen LogP contribution is 2.30. The molecule has 2 aromatic carbocycles. The van der Waals surface area contributed by atoms with Gasteiger partial charge in [0.1, 0.15) is 5.82 Å². The molecule has 1 aliphatic rings. The van der Waals surface area contributed by atoms with Gasteiger partial charge in [0.15, 0.2) is 0 Å². The summed E-state index contributed by atoms with van der Waals surface area (Å²) in [5.41, 5.74) is -0.233. The third kappa shape index (κ3) is 5.06. The van der Waals surface area contributed by atoms with E-state index in [4.69, 9.17) is 4.52 Å². The monoisotopic (exact) mass is 448 g/mol. The van der Waals surface area contributed by atoms with Crippen LogP contribution in [0.1, 0.15) is 24.3 Å². The van der Waals surface area contributed by atoms with E-state index < -0.39 is 17.6 Å². The number of alkyl halides is 3. The molecule has 1 aliphatic heterocycles. The molecule has 0 unspecified atom stereocenters. The van der Waals surface area contributed by atoms with Crippen molar-refractivity contribution < 1.29 is 26.9 Å². The highest BCUT2D eigenvalue weighted by molar-refractivity contribution is 5.89. The van der Waals surface area contributed by atoms with E-state index in [1.54, 1.807) is 23.1 Å². The van der Waals surface area contributed by atoms with Crippen LogP contribution in [0.3, 0.4) is 0 Å². The molecule has 6 nitrogen and oxygen atoms in total. The first kappa shape index (κ1) is 21.8. The Morgan fingerprint density at radius 1 is 1.16 bits per heavy atom. The highest BCUT2D eigenvalue weighted by Gasteiger charge is 2.30. The van der Waals surface area contributed by atoms with Gasteiger partial charge in [-0.1, -0.05) is 17.3 Å². The number of rotatable bonds is 4. The fraction of sp³-hybridized carbons (Fsp3) is 0.318. The van der Waals surface area contributed by atoms with Gasteiger partial charge in [-0.25, -0.2) is 9.18 Å². The molecule has 2 amide bonds. The number of urea groups is 1. The standard InChI is InChI=1S/C22H20F4N4O2/c23-18-6-2-1-5-17(18)20-28-19(32-29-20)12-14-4-3-11-30(13-14)21(31)27-16-9-7-15(8-10-16)22(24,25)26/h1-2,5-10,14H,3-4,11-13H2,(H,27,31)/t14-/m0/s1. The predicted octanol–water partition coefficient (Wildman–Crippen LogP) is 5.38. The van der Waals surface area contributed by atoms with Gasteiger partial charge in [-0.2, -0.15) is 18.2 Å². The molecule has 1 saturated heterocycles. The van der Waals surface area contributed by atoms with Crippen LogP contribution < -0.4 is 5.32 Å². The van der Waals surface area contributed by atoms with Crippen molar-refractivity contribution >= 4 is 11.7 Å². The summed E-state index contributed by atoms with van der Waals surface area (Å²) in [4.78, 5) is 18.5. The molecule has 0 aliphatic carbocycles. The number of anilines is 1. The molecule has 0 saturated carbocycles. The molecule has 168 valence electrons. The lowest BCUT2D eigenvalue weighted by Gasteiger charge is -2.32. The second-order valence-corrected chi connectivity index (χ2v) is 7.66. The summed E-state index contributed by atoms with van der Waals surface area (Å²) >= 11 is 0. The van der Waals surface area contributed by atoms with Gasteiger partial charge in [-0.3, -0.25) is 0 Å². The van der Waals surface area contributed by atoms with E-state index in [-0.39, 0.29) is 29.0 Å². The largest absolute Gasteiger partial charge is 0.416 e. The molecule has 32 heavy (non-hydrogen) atoms. The van der Waals surface area contributed by atoms with Crippen molar-refractivity contribution in [2.45, 2.75) is 25.4 Å². The third-order valence-electron chi connectivity index (χ3n) is 5.32. The maximum absolute atomic E-state index is 13.9. The normalized spacial score (nSPS) is 16.8. The fourth-order valence-electron chi connectivity index (χ4n) is 3.70. The Morgan fingerprint density at radius 2 is 1.91 bits per heavy atom. The molecule has 1 aromatic heterocycles. The lowest BCUT2D eigenvalue weighted by molar-refractivity contribution is -0.137. The van der Waals surface area contributed by atoms with Crippen LogP contribution in [-0.4, -0.2) is 34.2 Å². The smallest absolute Gasteiger partial charge is 0.339 e. The molecule has 4 rings (SSSR count). The van der Waals surface area contributed by atoms with Gasteiger partial charge in [0.05, 0.1) is 11.1 Å². The summed E-state index contributed by atoms with van der Waals surface area (Å²) in [6.45, 7) is 0.969. The van der Waals surface area contributed by atoms with Gasteiger partial charge < -0.3 is 14.7 Å². The zero-order chi connectivity index (χ0) is 22.7. The number of hydrogen-bond acceptors (Lipinski definition) is 4. The lowest BCUT2D eigenvalue weighted by atomic mass is 9.95. The average Bonchev–Trinajstić information content (AvgIpc) is 3.22. The first-order valence-corrected chi connectivity index (χ1v) is 10.1. The third-order valence-corrected chi connectivity index (χ3v) is 5.32. The number of hydrogen-bond donors (Lipinski definition) is 1. The van der Waals surface area contributed by atoms with Crippen LogP contribution in [0.4, 0.5) is 28.0 Å². The lowest BCUT2D eigenvalue weighted by Crippen LogP contribution is -2.42. The molecule has 10 heteroatoms. The van der Waals surface area contributed by atoms with Crippen molar-refractivity contribution in [2.24, 2.45) is 5.92 Å². The van der Waals surface area contributed by atoms with E-state index >= 15 is 0 Å². The Labute approximate surface area is 181 Å². The Bertz CT molecular complexity index is 1080. The number of piperidine rings is 1. The van der Waals surface area contributed by atoms with Crippen molar-refractivity contribution in [3.05, 3.63) is 65.8 Å². The van der Waals surface area contributed by atoms with E-state index in [1.165, 1.54) is 18.2 Å². The highest BCUT2D eigenvalue weighted by atomic mass is 19.4. The topological polar surface area (TPSA) is 71.3 Å². The summed E-state index contributed by atoms with van der Waals surface area (Å²) < 4.78 is 57.2. The minimum absolute atomic E-state index is 0.0658. The number of carbonyl (C=O) groups excluding carboxylic acids is 1. The van der Waals surface area contributed by atoms with Crippen LogP contribution >= 0.6 is 0 Å². The van der Waals surface area contributed by atoms with E-state index in [0.29, 0.717) is 25.4 Å². The van der Waals surface area contributed by atoms with Gasteiger partial charge in [0.25, 0.3) is 0 Å². The van der Waals surface area contributed by atoms with E-state index in [0.717, 1.165) is 25.0 Å². The zero-order valence-corrected chi connectivity index (χ0v) is 16.9. The Hall–Kier alpha value is -3.43. The quantitative estimate of drug-likeness (QED) is 0.544. The number of nitrogens with zero attached hydrogens (tertiary/aromatic N) is 3. The number of nitrogens with one attached hydrogen (secondary N) is 1. The van der Waals surface area contributed by atoms with Crippen molar-refractivity contribution in [3.63, 3.8) is 0 Å². The minimum atomic E-state index is -4.43. The van der Waals surface area contributed by atoms with Gasteiger partial charge in [0.2, 0.25) is 11.7 Å². The maximum Gasteiger partial charge on any atom is 0.416 e. The van der Waals surface area contributed by atoms with Gasteiger partial charge in [-0.15, -0.1) is 0 Å². The molecule has 0 bridgehead atoms. The number of amides is 2. The number of aromatic nitrogens is 2. The van der Waals surface area contributed by atoms with Gasteiger partial charge in [-0.05, 0) is 55.2 Å². The summed E-state index contributed by atoms with van der Waals surface area (Å²) in [6.07, 6.45) is -2.38. The second kappa shape index (κ2) is 8.97. The number of likely N-dealkylation sites (tertiary alicyclic amines) is 1. The van der Waals surface area contributed by atoms with E-state index in [9.17, 15) is 22.4 Å².